The molecule has 0 radical (unpaired) electrons. The number of fused-ring (bicyclic) bond motifs is 1. The Morgan fingerprint density at radius 3 is 2.48 bits per heavy atom. The summed E-state index contributed by atoms with van der Waals surface area (Å²) < 4.78 is 13.0. The van der Waals surface area contributed by atoms with E-state index >= 15 is 0 Å². The zero-order valence-corrected chi connectivity index (χ0v) is 25.0. The van der Waals surface area contributed by atoms with E-state index in [9.17, 15) is 9.90 Å². The van der Waals surface area contributed by atoms with Crippen LogP contribution in [-0.2, 0) is 16.8 Å². The van der Waals surface area contributed by atoms with Crippen molar-refractivity contribution >= 4 is 50.7 Å². The van der Waals surface area contributed by atoms with Crippen molar-refractivity contribution in [2.24, 2.45) is 5.41 Å². The largest absolute Gasteiger partial charge is 0.478 e. The summed E-state index contributed by atoms with van der Waals surface area (Å²) in [6, 6.07) is 10.8. The number of carboxylic acid groups (broad SMARTS) is 1. The maximum absolute atomic E-state index is 11.7. The van der Waals surface area contributed by atoms with Gasteiger partial charge in [0, 0.05) is 22.5 Å². The van der Waals surface area contributed by atoms with Crippen LogP contribution in [0.3, 0.4) is 0 Å². The monoisotopic (exact) mass is 598 g/mol. The molecule has 2 aromatic carbocycles. The number of nitrogens with zero attached hydrogens (tertiary/aromatic N) is 2. The average molecular weight is 600 g/mol. The lowest BCUT2D eigenvalue weighted by molar-refractivity contribution is -0.00372. The second-order valence-corrected chi connectivity index (χ2v) is 13.4. The molecule has 210 valence electrons. The summed E-state index contributed by atoms with van der Waals surface area (Å²) in [4.78, 5) is 16.6. The van der Waals surface area contributed by atoms with Crippen LogP contribution >= 0.6 is 34.5 Å². The third kappa shape index (κ3) is 5.06. The van der Waals surface area contributed by atoms with Gasteiger partial charge in [0.2, 0.25) is 0 Å². The molecule has 9 heteroatoms. The van der Waals surface area contributed by atoms with Crippen molar-refractivity contribution in [2.75, 3.05) is 6.61 Å². The molecule has 0 unspecified atom stereocenters. The predicted octanol–water partition coefficient (Wildman–Crippen LogP) is 9.28. The number of aromatic nitrogens is 2. The molecule has 2 fully saturated rings. The lowest BCUT2D eigenvalue weighted by Crippen LogP contribution is -2.37. The third-order valence-electron chi connectivity index (χ3n) is 8.95. The summed E-state index contributed by atoms with van der Waals surface area (Å²) in [6.45, 7) is 5.56. The number of aromatic carboxylic acids is 1. The van der Waals surface area contributed by atoms with E-state index in [1.165, 1.54) is 11.3 Å². The molecular formula is C31H32Cl2N2O4S. The van der Waals surface area contributed by atoms with Crippen molar-refractivity contribution in [3.8, 4) is 11.3 Å². The van der Waals surface area contributed by atoms with Crippen LogP contribution in [0.15, 0.2) is 40.9 Å². The number of benzene rings is 2. The summed E-state index contributed by atoms with van der Waals surface area (Å²) >= 11 is 14.6. The molecule has 2 aliphatic rings. The van der Waals surface area contributed by atoms with Crippen LogP contribution in [0.4, 0.5) is 0 Å². The third-order valence-corrected chi connectivity index (χ3v) is 11.0. The van der Waals surface area contributed by atoms with Crippen LogP contribution in [-0.4, -0.2) is 27.8 Å². The second-order valence-electron chi connectivity index (χ2n) is 11.6. The zero-order valence-electron chi connectivity index (χ0n) is 22.6. The first-order valence-corrected chi connectivity index (χ1v) is 15.4. The fraction of sp³-hybridized carbons (Fsp3) is 0.452. The summed E-state index contributed by atoms with van der Waals surface area (Å²) in [6.07, 6.45) is 7.20. The van der Waals surface area contributed by atoms with Crippen molar-refractivity contribution in [3.63, 3.8) is 0 Å². The van der Waals surface area contributed by atoms with Crippen LogP contribution in [0, 0.1) is 5.41 Å². The lowest BCUT2D eigenvalue weighted by atomic mass is 9.64. The SMILES string of the molecule is CCC1(COCc2c(-c3c(Cl)cccc3Cl)noc2C2CC2)CCC(C)(c2nc3cccc(C(=O)O)c3s2)CC1. The van der Waals surface area contributed by atoms with Crippen LogP contribution in [0.25, 0.3) is 21.5 Å². The van der Waals surface area contributed by atoms with Gasteiger partial charge in [-0.05, 0) is 74.6 Å². The van der Waals surface area contributed by atoms with Crippen molar-refractivity contribution in [1.29, 1.82) is 0 Å². The van der Waals surface area contributed by atoms with Crippen molar-refractivity contribution in [1.82, 2.24) is 10.1 Å². The normalized spacial score (nSPS) is 23.1. The van der Waals surface area contributed by atoms with E-state index in [4.69, 9.17) is 37.4 Å². The van der Waals surface area contributed by atoms with Crippen LogP contribution in [0.5, 0.6) is 0 Å². The molecule has 2 heterocycles. The summed E-state index contributed by atoms with van der Waals surface area (Å²) in [5, 5.41) is 16.1. The van der Waals surface area contributed by atoms with Gasteiger partial charge in [0.1, 0.15) is 11.5 Å². The van der Waals surface area contributed by atoms with Crippen molar-refractivity contribution < 1.29 is 19.2 Å². The molecule has 2 aliphatic carbocycles. The number of thiazole rings is 1. The van der Waals surface area contributed by atoms with Gasteiger partial charge in [-0.3, -0.25) is 0 Å². The quantitative estimate of drug-likeness (QED) is 0.206. The topological polar surface area (TPSA) is 85.5 Å². The lowest BCUT2D eigenvalue weighted by Gasteiger charge is -2.43. The predicted molar refractivity (Wildman–Crippen MR) is 159 cm³/mol. The number of carboxylic acids is 1. The molecule has 40 heavy (non-hydrogen) atoms. The van der Waals surface area contributed by atoms with Crippen LogP contribution in [0.1, 0.15) is 91.4 Å². The number of hydrogen-bond acceptors (Lipinski definition) is 6. The second kappa shape index (κ2) is 10.8. The van der Waals surface area contributed by atoms with Crippen molar-refractivity contribution in [2.45, 2.75) is 76.7 Å². The maximum atomic E-state index is 11.7. The average Bonchev–Trinajstić information content (AvgIpc) is 3.55. The first-order valence-electron chi connectivity index (χ1n) is 13.9. The first-order chi connectivity index (χ1) is 19.2. The van der Waals surface area contributed by atoms with Gasteiger partial charge in [0.05, 0.1) is 44.0 Å². The van der Waals surface area contributed by atoms with Gasteiger partial charge in [0.25, 0.3) is 0 Å². The molecule has 6 rings (SSSR count). The molecule has 4 aromatic rings. The van der Waals surface area contributed by atoms with Gasteiger partial charge < -0.3 is 14.4 Å². The fourth-order valence-electron chi connectivity index (χ4n) is 5.94. The molecule has 1 N–H and O–H groups in total. The molecule has 0 amide bonds. The molecule has 6 nitrogen and oxygen atoms in total. The molecule has 2 aromatic heterocycles. The first kappa shape index (κ1) is 27.7. The van der Waals surface area contributed by atoms with E-state index in [1.807, 2.05) is 24.3 Å². The summed E-state index contributed by atoms with van der Waals surface area (Å²) in [7, 11) is 0. The standard InChI is InChI=1S/C31H32Cl2N2O4S/c1-3-31(14-12-30(2,13-15-31)29-34-23-9-4-6-19(28(36)37)27(23)40-29)17-38-16-20-25(35-39-26(20)18-10-11-18)24-21(32)7-5-8-22(24)33/h4-9,18H,3,10-17H2,1-2H3,(H,36,37). The Bertz CT molecular complexity index is 1550. The molecule has 0 bridgehead atoms. The number of ether oxygens (including phenoxy) is 1. The number of carbonyl (C=O) groups is 1. The number of hydrogen-bond donors (Lipinski definition) is 1. The van der Waals surface area contributed by atoms with E-state index in [2.05, 4.69) is 19.0 Å². The van der Waals surface area contributed by atoms with Crippen LogP contribution in [0.2, 0.25) is 10.0 Å². The maximum Gasteiger partial charge on any atom is 0.337 e. The Hall–Kier alpha value is -2.45. The zero-order chi connectivity index (χ0) is 28.1. The molecule has 2 saturated carbocycles. The molecule has 0 saturated heterocycles. The van der Waals surface area contributed by atoms with Crippen LogP contribution < -0.4 is 0 Å². The number of rotatable bonds is 9. The van der Waals surface area contributed by atoms with Gasteiger partial charge in [-0.2, -0.15) is 0 Å². The van der Waals surface area contributed by atoms with E-state index in [1.54, 1.807) is 12.1 Å². The van der Waals surface area contributed by atoms with Gasteiger partial charge in [0.15, 0.2) is 0 Å². The molecular weight excluding hydrogens is 567 g/mol. The van der Waals surface area contributed by atoms with Gasteiger partial charge in [-0.15, -0.1) is 11.3 Å². The highest BCUT2D eigenvalue weighted by molar-refractivity contribution is 7.19. The van der Waals surface area contributed by atoms with Crippen molar-refractivity contribution in [3.05, 3.63) is 68.3 Å². The Morgan fingerprint density at radius 1 is 1.12 bits per heavy atom. The Kier molecular flexibility index (Phi) is 7.45. The Morgan fingerprint density at radius 2 is 1.82 bits per heavy atom. The highest BCUT2D eigenvalue weighted by Crippen LogP contribution is 2.51. The highest BCUT2D eigenvalue weighted by Gasteiger charge is 2.42. The van der Waals surface area contributed by atoms with E-state index in [0.29, 0.717) is 46.0 Å². The molecule has 0 aliphatic heterocycles. The summed E-state index contributed by atoms with van der Waals surface area (Å²) in [5.74, 6) is 0.366. The Labute approximate surface area is 247 Å². The fourth-order valence-corrected chi connectivity index (χ4v) is 7.79. The minimum atomic E-state index is -0.908. The Balaban J connectivity index is 1.18. The van der Waals surface area contributed by atoms with Gasteiger partial charge in [-0.25, -0.2) is 9.78 Å². The highest BCUT2D eigenvalue weighted by atomic mass is 35.5. The van der Waals surface area contributed by atoms with E-state index < -0.39 is 5.97 Å². The summed E-state index contributed by atoms with van der Waals surface area (Å²) in [5.41, 5.74) is 3.41. The van der Waals surface area contributed by atoms with Gasteiger partial charge >= 0.3 is 5.97 Å². The smallest absolute Gasteiger partial charge is 0.337 e. The number of halogens is 2. The molecule has 0 spiro atoms. The molecule has 0 atom stereocenters. The van der Waals surface area contributed by atoms with Gasteiger partial charge in [-0.1, -0.05) is 54.3 Å². The van der Waals surface area contributed by atoms with E-state index in [0.717, 1.165) is 71.5 Å². The minimum Gasteiger partial charge on any atom is -0.478 e. The minimum absolute atomic E-state index is 0.0710. The van der Waals surface area contributed by atoms with E-state index in [-0.39, 0.29) is 10.8 Å².